The summed E-state index contributed by atoms with van der Waals surface area (Å²) >= 11 is 0. The van der Waals surface area contributed by atoms with Crippen LogP contribution in [0.2, 0.25) is 0 Å². The standard InChI is InChI=1S/C29H34N2O2.C27H30N2O.C3H8O2.ClH/c1-19-12-26-25-5-3-2-4-22(25)13-27(26)28(31(19)29-14-20(15-29)16-29)21-6-8-23(9-7-21)33-24-17-30(18-24)10-11-32;1-17-10-24-23-5-3-2-4-20(23)11-25(24)26(29(17)27-12-18(13-27)14-27)19-6-8-21(9-7-19)30-22-15-28-16-22;1-5-3-2-4;/h2-9,19-20,24,28,32H,10-18H2,1H3;2-9,17-18,22,26,28H,10-16H2,1H3;4H,2-3H2,1H3;1H/t19-,20?,28-,29?;17-,18?,26-,27?;;/m11../s1. The summed E-state index contributed by atoms with van der Waals surface area (Å²) in [7, 11) is 1.55. The van der Waals surface area contributed by atoms with Crippen molar-refractivity contribution in [3.05, 3.63) is 142 Å². The maximum Gasteiger partial charge on any atom is 0.124 e. The van der Waals surface area contributed by atoms with Crippen molar-refractivity contribution < 1.29 is 24.4 Å². The van der Waals surface area contributed by atoms with Crippen molar-refractivity contribution >= 4 is 23.6 Å². The van der Waals surface area contributed by atoms with E-state index in [-0.39, 0.29) is 31.7 Å². The van der Waals surface area contributed by atoms with Crippen LogP contribution in [-0.2, 0) is 17.6 Å². The first-order valence-electron chi connectivity index (χ1n) is 26.1. The molecule has 4 aromatic rings. The SMILES string of the molecule is COCCO.C[C@@H]1CC2=C(Cc3ccccc32)[C@@H](c2ccc(OC3CN(CCO)C3)cc2)N1C12CC(C1)C2.C[C@@H]1CC2=C(Cc3ccccc32)[C@@H](c2ccc(OC3CNC3)cc2)N1C12CC(C1)C2.Cl. The predicted molar refractivity (Wildman–Crippen MR) is 276 cm³/mol. The summed E-state index contributed by atoms with van der Waals surface area (Å²) < 4.78 is 16.8. The number of aliphatic hydroxyl groups excluding tert-OH is 2. The Morgan fingerprint density at radius 3 is 1.41 bits per heavy atom. The molecule has 0 amide bonds. The average molecular weight is 954 g/mol. The van der Waals surface area contributed by atoms with Crippen LogP contribution in [0.15, 0.2) is 108 Å². The zero-order valence-corrected chi connectivity index (χ0v) is 41.8. The quantitative estimate of drug-likeness (QED) is 0.129. The van der Waals surface area contributed by atoms with Gasteiger partial charge in [0.2, 0.25) is 0 Å². The van der Waals surface area contributed by atoms with Crippen molar-refractivity contribution in [1.82, 2.24) is 20.0 Å². The number of β-amino-alcohol motifs (C(OH)–C–C–N with tert-alkyl or cyclic N) is 1. The van der Waals surface area contributed by atoms with Gasteiger partial charge in [0, 0.05) is 63.0 Å². The molecule has 4 heterocycles. The number of fused-ring (bicyclic) bond motifs is 4. The molecule has 3 N–H and O–H groups in total. The Kier molecular flexibility index (Phi) is 13.2. The van der Waals surface area contributed by atoms with Crippen molar-refractivity contribution in [3.8, 4) is 11.5 Å². The normalized spacial score (nSPS) is 31.4. The zero-order chi connectivity index (χ0) is 46.1. The number of benzene rings is 4. The Hall–Kier alpha value is -4.03. The summed E-state index contributed by atoms with van der Waals surface area (Å²) in [5, 5.41) is 20.3. The molecule has 12 aliphatic rings. The zero-order valence-electron chi connectivity index (χ0n) is 41.0. The Balaban J connectivity index is 0.000000136. The topological polar surface area (TPSA) is 89.9 Å². The second-order valence-electron chi connectivity index (χ2n) is 22.3. The van der Waals surface area contributed by atoms with Gasteiger partial charge in [-0.25, -0.2) is 0 Å². The van der Waals surface area contributed by atoms with E-state index in [1.165, 1.54) is 84.7 Å². The Bertz CT molecular complexity index is 2520. The molecular weight excluding hydrogens is 880 g/mol. The third kappa shape index (κ3) is 8.40. The molecule has 9 nitrogen and oxygen atoms in total. The molecule has 16 rings (SSSR count). The maximum absolute atomic E-state index is 9.09. The Labute approximate surface area is 416 Å². The first-order valence-corrected chi connectivity index (χ1v) is 26.1. The highest BCUT2D eigenvalue weighted by molar-refractivity contribution is 5.85. The lowest BCUT2D eigenvalue weighted by Gasteiger charge is -2.70. The summed E-state index contributed by atoms with van der Waals surface area (Å²) in [6.45, 7) is 10.2. The summed E-state index contributed by atoms with van der Waals surface area (Å²) in [5.74, 6) is 3.96. The molecule has 0 unspecified atom stereocenters. The molecule has 10 heteroatoms. The van der Waals surface area contributed by atoms with Gasteiger partial charge < -0.3 is 29.7 Å². The lowest BCUT2D eigenvalue weighted by molar-refractivity contribution is -0.173. The molecule has 366 valence electrons. The van der Waals surface area contributed by atoms with Crippen LogP contribution >= 0.6 is 12.4 Å². The summed E-state index contributed by atoms with van der Waals surface area (Å²) in [6.07, 6.45) is 13.6. The molecule has 0 spiro atoms. The third-order valence-corrected chi connectivity index (χ3v) is 17.9. The largest absolute Gasteiger partial charge is 0.488 e. The second kappa shape index (κ2) is 19.2. The van der Waals surface area contributed by atoms with Gasteiger partial charge in [-0.1, -0.05) is 72.8 Å². The lowest BCUT2D eigenvalue weighted by Crippen LogP contribution is -2.71. The molecule has 0 radical (unpaired) electrons. The Morgan fingerprint density at radius 2 is 1.04 bits per heavy atom. The highest BCUT2D eigenvalue weighted by Gasteiger charge is 2.64. The van der Waals surface area contributed by atoms with E-state index in [2.05, 4.69) is 136 Å². The first kappa shape index (κ1) is 47.3. The van der Waals surface area contributed by atoms with Gasteiger partial charge in [-0.2, -0.15) is 0 Å². The van der Waals surface area contributed by atoms with Crippen LogP contribution in [0.4, 0.5) is 0 Å². The van der Waals surface area contributed by atoms with Crippen LogP contribution in [0.1, 0.15) is 111 Å². The molecule has 2 saturated heterocycles. The summed E-state index contributed by atoms with van der Waals surface area (Å²) in [5.41, 5.74) is 16.4. The minimum Gasteiger partial charge on any atom is -0.488 e. The molecule has 4 aromatic carbocycles. The first-order chi connectivity index (χ1) is 33.2. The molecule has 6 saturated carbocycles. The van der Waals surface area contributed by atoms with Crippen LogP contribution in [0.25, 0.3) is 11.1 Å². The number of nitrogens with one attached hydrogen (secondary N) is 1. The van der Waals surface area contributed by atoms with E-state index in [4.69, 9.17) is 19.7 Å². The van der Waals surface area contributed by atoms with Crippen LogP contribution < -0.4 is 14.8 Å². The fraction of sp³-hybridized carbons (Fsp3) is 0.525. The van der Waals surface area contributed by atoms with E-state index in [1.54, 1.807) is 29.4 Å². The van der Waals surface area contributed by atoms with Crippen LogP contribution in [-0.4, -0.2) is 120 Å². The molecule has 4 atom stereocenters. The highest BCUT2D eigenvalue weighted by Crippen LogP contribution is 2.67. The molecule has 4 bridgehead atoms. The predicted octanol–water partition coefficient (Wildman–Crippen LogP) is 9.22. The van der Waals surface area contributed by atoms with E-state index < -0.39 is 0 Å². The molecule has 8 aliphatic carbocycles. The van der Waals surface area contributed by atoms with Gasteiger partial charge >= 0.3 is 0 Å². The average Bonchev–Trinajstić information content (AvgIpc) is 3.82. The van der Waals surface area contributed by atoms with Gasteiger partial charge in [-0.3, -0.25) is 14.7 Å². The summed E-state index contributed by atoms with van der Waals surface area (Å²) in [6, 6.07) is 38.3. The monoisotopic (exact) mass is 953 g/mol. The van der Waals surface area contributed by atoms with E-state index in [1.807, 2.05) is 0 Å². The van der Waals surface area contributed by atoms with Gasteiger partial charge in [0.05, 0.1) is 31.9 Å². The minimum absolute atomic E-state index is 0. The van der Waals surface area contributed by atoms with E-state index in [0.717, 1.165) is 68.9 Å². The fourth-order valence-corrected chi connectivity index (χ4v) is 14.4. The Morgan fingerprint density at radius 1 is 0.594 bits per heavy atom. The summed E-state index contributed by atoms with van der Waals surface area (Å²) in [4.78, 5) is 8.09. The van der Waals surface area contributed by atoms with Crippen molar-refractivity contribution in [2.24, 2.45) is 11.8 Å². The van der Waals surface area contributed by atoms with Gasteiger partial charge in [-0.05, 0) is 170 Å². The number of nitrogens with zero attached hydrogens (tertiary/aromatic N) is 3. The van der Waals surface area contributed by atoms with E-state index in [0.29, 0.717) is 48.0 Å². The number of halogens is 1. The van der Waals surface area contributed by atoms with Gasteiger partial charge in [0.15, 0.2) is 0 Å². The number of rotatable bonds is 12. The molecule has 0 aromatic heterocycles. The second-order valence-corrected chi connectivity index (χ2v) is 22.3. The number of hydrogen-bond acceptors (Lipinski definition) is 9. The minimum atomic E-state index is 0. The van der Waals surface area contributed by atoms with Gasteiger partial charge in [-0.15, -0.1) is 12.4 Å². The van der Waals surface area contributed by atoms with Crippen molar-refractivity contribution in [3.63, 3.8) is 0 Å². The van der Waals surface area contributed by atoms with Crippen LogP contribution in [0.3, 0.4) is 0 Å². The maximum atomic E-state index is 9.09. The number of hydrogen-bond donors (Lipinski definition) is 3. The number of likely N-dealkylation sites (tertiary alicyclic amines) is 1. The third-order valence-electron chi connectivity index (χ3n) is 17.9. The molecule has 8 fully saturated rings. The van der Waals surface area contributed by atoms with Gasteiger partial charge in [0.25, 0.3) is 0 Å². The number of methoxy groups -OCH3 is 1. The van der Waals surface area contributed by atoms with Crippen LogP contribution in [0, 0.1) is 11.8 Å². The van der Waals surface area contributed by atoms with E-state index >= 15 is 0 Å². The number of aliphatic hydroxyl groups is 2. The van der Waals surface area contributed by atoms with Crippen molar-refractivity contribution in [1.29, 1.82) is 0 Å². The lowest BCUT2D eigenvalue weighted by atomic mass is 9.48. The molecule has 69 heavy (non-hydrogen) atoms. The van der Waals surface area contributed by atoms with E-state index in [9.17, 15) is 0 Å². The number of ether oxygens (including phenoxy) is 3. The van der Waals surface area contributed by atoms with Crippen molar-refractivity contribution in [2.75, 3.05) is 59.7 Å². The fourth-order valence-electron chi connectivity index (χ4n) is 14.4. The van der Waals surface area contributed by atoms with Crippen LogP contribution in [0.5, 0.6) is 11.5 Å². The molecular formula is C59H73ClN4O5. The highest BCUT2D eigenvalue weighted by atomic mass is 35.5. The van der Waals surface area contributed by atoms with Crippen molar-refractivity contribution in [2.45, 2.75) is 126 Å². The smallest absolute Gasteiger partial charge is 0.124 e. The van der Waals surface area contributed by atoms with Gasteiger partial charge in [0.1, 0.15) is 23.7 Å². The molecule has 4 aliphatic heterocycles.